The minimum absolute atomic E-state index is 0.275. The second kappa shape index (κ2) is 6.65. The van der Waals surface area contributed by atoms with E-state index in [2.05, 4.69) is 106 Å². The highest BCUT2D eigenvalue weighted by Crippen LogP contribution is 2.61. The Balaban J connectivity index is 2.26. The van der Waals surface area contributed by atoms with E-state index in [1.54, 1.807) is 0 Å². The average Bonchev–Trinajstić information content (AvgIpc) is 2.60. The standard InChI is InChI=1S/C24H28Si/c1-6-25(7-2)21(18-24(3,4)5)22(19-14-10-8-11-15-19)23(25)20-16-12-9-13-17-20/h6-17,21H,1-2,18H2,3-5H3. The van der Waals surface area contributed by atoms with Crippen molar-refractivity contribution in [1.29, 1.82) is 0 Å². The lowest BCUT2D eigenvalue weighted by atomic mass is 9.85. The van der Waals surface area contributed by atoms with Crippen LogP contribution in [0.3, 0.4) is 0 Å². The summed E-state index contributed by atoms with van der Waals surface area (Å²) in [5.41, 5.74) is 9.49. The highest BCUT2D eigenvalue weighted by Gasteiger charge is 2.53. The van der Waals surface area contributed by atoms with E-state index in [1.807, 2.05) is 0 Å². The molecule has 1 atom stereocenters. The summed E-state index contributed by atoms with van der Waals surface area (Å²) in [5, 5.41) is 1.50. The molecule has 1 unspecified atom stereocenters. The van der Waals surface area contributed by atoms with Gasteiger partial charge in [0.2, 0.25) is 0 Å². The smallest absolute Gasteiger partial charge is 0.106 e. The molecular weight excluding hydrogens is 316 g/mol. The van der Waals surface area contributed by atoms with Gasteiger partial charge in [-0.05, 0) is 39.3 Å². The van der Waals surface area contributed by atoms with E-state index in [9.17, 15) is 0 Å². The van der Waals surface area contributed by atoms with E-state index in [-0.39, 0.29) is 5.41 Å². The van der Waals surface area contributed by atoms with Gasteiger partial charge in [-0.15, -0.1) is 13.2 Å². The lowest BCUT2D eigenvalue weighted by Crippen LogP contribution is -2.48. The van der Waals surface area contributed by atoms with Crippen LogP contribution in [0.4, 0.5) is 0 Å². The zero-order valence-electron chi connectivity index (χ0n) is 15.6. The quantitative estimate of drug-likeness (QED) is 0.520. The van der Waals surface area contributed by atoms with E-state index in [0.717, 1.165) is 6.42 Å². The molecule has 0 amide bonds. The van der Waals surface area contributed by atoms with Crippen molar-refractivity contribution in [3.05, 3.63) is 96.3 Å². The maximum Gasteiger partial charge on any atom is 0.141 e. The normalized spacial score (nSPS) is 19.2. The summed E-state index contributed by atoms with van der Waals surface area (Å²) in [6.07, 6.45) is 1.16. The van der Waals surface area contributed by atoms with Crippen LogP contribution in [0.2, 0.25) is 5.54 Å². The van der Waals surface area contributed by atoms with Gasteiger partial charge in [-0.1, -0.05) is 92.8 Å². The lowest BCUT2D eigenvalue weighted by Gasteiger charge is -2.51. The minimum Gasteiger partial charge on any atom is -0.106 e. The van der Waals surface area contributed by atoms with Crippen molar-refractivity contribution in [3.8, 4) is 0 Å². The summed E-state index contributed by atoms with van der Waals surface area (Å²) in [6, 6.07) is 21.7. The first-order chi connectivity index (χ1) is 11.9. The van der Waals surface area contributed by atoms with Crippen molar-refractivity contribution in [2.24, 2.45) is 5.41 Å². The zero-order chi connectivity index (χ0) is 18.1. The number of hydrogen-bond acceptors (Lipinski definition) is 0. The van der Waals surface area contributed by atoms with Gasteiger partial charge in [0.15, 0.2) is 0 Å². The molecule has 0 spiro atoms. The van der Waals surface area contributed by atoms with E-state index in [4.69, 9.17) is 0 Å². The van der Waals surface area contributed by atoms with Gasteiger partial charge < -0.3 is 0 Å². The van der Waals surface area contributed by atoms with E-state index >= 15 is 0 Å². The number of allylic oxidation sites excluding steroid dienone is 1. The molecule has 0 saturated carbocycles. The Morgan fingerprint density at radius 1 is 0.840 bits per heavy atom. The van der Waals surface area contributed by atoms with Crippen LogP contribution >= 0.6 is 0 Å². The molecule has 25 heavy (non-hydrogen) atoms. The van der Waals surface area contributed by atoms with Crippen LogP contribution in [-0.4, -0.2) is 8.07 Å². The first-order valence-electron chi connectivity index (χ1n) is 9.05. The topological polar surface area (TPSA) is 0 Å². The van der Waals surface area contributed by atoms with Crippen LogP contribution in [-0.2, 0) is 0 Å². The molecule has 128 valence electrons. The Labute approximate surface area is 153 Å². The molecule has 2 aromatic rings. The van der Waals surface area contributed by atoms with Gasteiger partial charge in [-0.3, -0.25) is 0 Å². The summed E-state index contributed by atoms with van der Waals surface area (Å²) < 4.78 is 0. The van der Waals surface area contributed by atoms with Crippen LogP contribution in [0, 0.1) is 5.41 Å². The Kier molecular flexibility index (Phi) is 4.70. The first-order valence-corrected chi connectivity index (χ1v) is 11.3. The summed E-state index contributed by atoms with van der Waals surface area (Å²) in [5.74, 6) is 0. The molecule has 0 bridgehead atoms. The molecule has 0 saturated heterocycles. The van der Waals surface area contributed by atoms with Crippen LogP contribution in [0.1, 0.15) is 38.3 Å². The molecule has 0 fully saturated rings. The molecular formula is C24H28Si. The molecule has 1 heteroatoms. The predicted octanol–water partition coefficient (Wildman–Crippen LogP) is 6.86. The Hall–Kier alpha value is -2.12. The van der Waals surface area contributed by atoms with Crippen molar-refractivity contribution < 1.29 is 0 Å². The van der Waals surface area contributed by atoms with Crippen LogP contribution in [0.25, 0.3) is 10.8 Å². The Morgan fingerprint density at radius 3 is 1.76 bits per heavy atom. The number of hydrogen-bond donors (Lipinski definition) is 0. The van der Waals surface area contributed by atoms with E-state index < -0.39 is 8.07 Å². The van der Waals surface area contributed by atoms with Crippen molar-refractivity contribution in [1.82, 2.24) is 0 Å². The van der Waals surface area contributed by atoms with Crippen molar-refractivity contribution >= 4 is 18.8 Å². The molecule has 0 radical (unpaired) electrons. The lowest BCUT2D eigenvalue weighted by molar-refractivity contribution is 0.380. The van der Waals surface area contributed by atoms with E-state index in [1.165, 1.54) is 21.9 Å². The third-order valence-corrected chi connectivity index (χ3v) is 9.69. The fourth-order valence-corrected chi connectivity index (χ4v) is 8.63. The van der Waals surface area contributed by atoms with E-state index in [0.29, 0.717) is 5.54 Å². The number of rotatable bonds is 5. The van der Waals surface area contributed by atoms with Crippen LogP contribution in [0.15, 0.2) is 85.2 Å². The molecule has 2 aromatic carbocycles. The monoisotopic (exact) mass is 344 g/mol. The molecule has 0 nitrogen and oxygen atoms in total. The fourth-order valence-electron chi connectivity index (χ4n) is 4.17. The van der Waals surface area contributed by atoms with Gasteiger partial charge >= 0.3 is 0 Å². The second-order valence-corrected chi connectivity index (χ2v) is 12.1. The second-order valence-electron chi connectivity index (χ2n) is 8.18. The van der Waals surface area contributed by atoms with Crippen molar-refractivity contribution in [2.75, 3.05) is 0 Å². The Morgan fingerprint density at radius 2 is 1.32 bits per heavy atom. The number of benzene rings is 2. The molecule has 0 aliphatic carbocycles. The van der Waals surface area contributed by atoms with Gasteiger partial charge in [0.25, 0.3) is 0 Å². The SMILES string of the molecule is C=C[Si]1(C=C)C(c2ccccc2)=C(c2ccccc2)C1CC(C)(C)C. The molecule has 1 heterocycles. The van der Waals surface area contributed by atoms with Crippen LogP contribution in [0.5, 0.6) is 0 Å². The maximum atomic E-state index is 4.27. The third kappa shape index (κ3) is 3.09. The predicted molar refractivity (Wildman–Crippen MR) is 114 cm³/mol. The summed E-state index contributed by atoms with van der Waals surface area (Å²) >= 11 is 0. The van der Waals surface area contributed by atoms with Gasteiger partial charge in [-0.25, -0.2) is 0 Å². The average molecular weight is 345 g/mol. The summed E-state index contributed by atoms with van der Waals surface area (Å²) in [4.78, 5) is 0. The Bertz CT molecular complexity index is 783. The van der Waals surface area contributed by atoms with Gasteiger partial charge in [-0.2, -0.15) is 0 Å². The zero-order valence-corrected chi connectivity index (χ0v) is 16.6. The molecule has 3 rings (SSSR count). The highest BCUT2D eigenvalue weighted by atomic mass is 28.3. The van der Waals surface area contributed by atoms with Gasteiger partial charge in [0.1, 0.15) is 8.07 Å². The maximum absolute atomic E-state index is 4.27. The fraction of sp³-hybridized carbons (Fsp3) is 0.250. The largest absolute Gasteiger partial charge is 0.141 e. The molecule has 1 aliphatic heterocycles. The molecule has 1 aliphatic rings. The third-order valence-electron chi connectivity index (χ3n) is 5.27. The van der Waals surface area contributed by atoms with Gasteiger partial charge in [0, 0.05) is 0 Å². The first kappa shape index (κ1) is 17.7. The summed E-state index contributed by atoms with van der Waals surface area (Å²) in [7, 11) is -1.94. The summed E-state index contributed by atoms with van der Waals surface area (Å²) in [6.45, 7) is 15.5. The minimum atomic E-state index is -1.94. The van der Waals surface area contributed by atoms with Crippen molar-refractivity contribution in [3.63, 3.8) is 0 Å². The molecule has 0 aromatic heterocycles. The van der Waals surface area contributed by atoms with Gasteiger partial charge in [0.05, 0.1) is 0 Å². The van der Waals surface area contributed by atoms with Crippen molar-refractivity contribution in [2.45, 2.75) is 32.7 Å². The highest BCUT2D eigenvalue weighted by molar-refractivity contribution is 7.11. The molecule has 0 N–H and O–H groups in total. The van der Waals surface area contributed by atoms with Crippen LogP contribution < -0.4 is 0 Å².